The Morgan fingerprint density at radius 1 is 1.21 bits per heavy atom. The van der Waals surface area contributed by atoms with Crippen LogP contribution >= 0.6 is 23.4 Å². The molecule has 0 bridgehead atoms. The predicted molar refractivity (Wildman–Crippen MR) is 128 cm³/mol. The van der Waals surface area contributed by atoms with E-state index >= 15 is 0 Å². The zero-order valence-electron chi connectivity index (χ0n) is 19.1. The maximum Gasteiger partial charge on any atom is 0.340 e. The number of nitrogens with zero attached hydrogens (tertiary/aromatic N) is 3. The van der Waals surface area contributed by atoms with Crippen LogP contribution in [0.2, 0.25) is 5.02 Å². The molecule has 176 valence electrons. The van der Waals surface area contributed by atoms with Gasteiger partial charge in [0.05, 0.1) is 28.6 Å². The fourth-order valence-electron chi connectivity index (χ4n) is 3.55. The van der Waals surface area contributed by atoms with Gasteiger partial charge in [-0.05, 0) is 44.9 Å². The summed E-state index contributed by atoms with van der Waals surface area (Å²) in [7, 11) is 1.65. The molecule has 1 N–H and O–H groups in total. The van der Waals surface area contributed by atoms with E-state index in [-0.39, 0.29) is 18.1 Å². The standard InChI is InChI=1S/C23H27ClN4O4S/c1-5-32-22(30)19-14(2)20(25-15(19)3)18(29)13-33-23-27-26-21(28(23)11-8-12-31-4)16-9-6-7-10-17(16)24/h6-7,9-10,25H,5,8,11-13H2,1-4H3. The molecule has 0 radical (unpaired) electrons. The highest BCUT2D eigenvalue weighted by Gasteiger charge is 2.24. The minimum Gasteiger partial charge on any atom is -0.462 e. The summed E-state index contributed by atoms with van der Waals surface area (Å²) in [6, 6.07) is 7.44. The van der Waals surface area contributed by atoms with Gasteiger partial charge in [0.15, 0.2) is 16.8 Å². The van der Waals surface area contributed by atoms with Crippen molar-refractivity contribution in [3.8, 4) is 11.4 Å². The van der Waals surface area contributed by atoms with Crippen LogP contribution in [0.25, 0.3) is 11.4 Å². The highest BCUT2D eigenvalue weighted by molar-refractivity contribution is 7.99. The van der Waals surface area contributed by atoms with Gasteiger partial charge >= 0.3 is 5.97 Å². The lowest BCUT2D eigenvalue weighted by Gasteiger charge is -2.11. The molecule has 3 aromatic rings. The van der Waals surface area contributed by atoms with Gasteiger partial charge in [-0.1, -0.05) is 35.5 Å². The van der Waals surface area contributed by atoms with Crippen molar-refractivity contribution >= 4 is 35.1 Å². The van der Waals surface area contributed by atoms with Gasteiger partial charge in [-0.2, -0.15) is 0 Å². The fourth-order valence-corrected chi connectivity index (χ4v) is 4.60. The topological polar surface area (TPSA) is 99.1 Å². The largest absolute Gasteiger partial charge is 0.462 e. The van der Waals surface area contributed by atoms with Crippen LogP contribution in [0.4, 0.5) is 0 Å². The van der Waals surface area contributed by atoms with Crippen LogP contribution in [-0.4, -0.2) is 57.6 Å². The Hall–Kier alpha value is -2.62. The van der Waals surface area contributed by atoms with Crippen LogP contribution in [0.1, 0.15) is 45.4 Å². The van der Waals surface area contributed by atoms with Gasteiger partial charge in [0.1, 0.15) is 0 Å². The van der Waals surface area contributed by atoms with E-state index in [9.17, 15) is 9.59 Å². The summed E-state index contributed by atoms with van der Waals surface area (Å²) in [4.78, 5) is 28.3. The number of ether oxygens (including phenoxy) is 2. The van der Waals surface area contributed by atoms with Crippen molar-refractivity contribution in [2.24, 2.45) is 0 Å². The summed E-state index contributed by atoms with van der Waals surface area (Å²) in [5.74, 6) is 0.205. The van der Waals surface area contributed by atoms with Crippen LogP contribution in [0, 0.1) is 13.8 Å². The molecule has 2 heterocycles. The number of Topliss-reactive ketones (excluding diaryl/α,β-unsaturated/α-hetero) is 1. The number of H-pyrrole nitrogens is 1. The zero-order chi connectivity index (χ0) is 24.0. The lowest BCUT2D eigenvalue weighted by atomic mass is 10.1. The monoisotopic (exact) mass is 490 g/mol. The third kappa shape index (κ3) is 5.66. The van der Waals surface area contributed by atoms with Gasteiger partial charge in [0.2, 0.25) is 0 Å². The number of methoxy groups -OCH3 is 1. The summed E-state index contributed by atoms with van der Waals surface area (Å²) in [5.41, 5.74) is 2.80. The quantitative estimate of drug-likeness (QED) is 0.179. The average Bonchev–Trinajstić information content (AvgIpc) is 3.32. The van der Waals surface area contributed by atoms with E-state index in [1.165, 1.54) is 11.8 Å². The van der Waals surface area contributed by atoms with Crippen molar-refractivity contribution in [1.82, 2.24) is 19.7 Å². The normalized spacial score (nSPS) is 11.1. The molecule has 0 atom stereocenters. The Kier molecular flexibility index (Phi) is 8.71. The molecule has 0 aliphatic carbocycles. The molecule has 0 aliphatic rings. The van der Waals surface area contributed by atoms with Gasteiger partial charge in [0.25, 0.3) is 0 Å². The second-order valence-corrected chi connectivity index (χ2v) is 8.69. The van der Waals surface area contributed by atoms with Gasteiger partial charge in [-0.3, -0.25) is 4.79 Å². The fraction of sp³-hybridized carbons (Fsp3) is 0.391. The molecule has 0 amide bonds. The molecule has 3 rings (SSSR count). The lowest BCUT2D eigenvalue weighted by Crippen LogP contribution is -2.10. The Labute approximate surface area is 202 Å². The molecule has 10 heteroatoms. The summed E-state index contributed by atoms with van der Waals surface area (Å²) in [6.45, 7) is 6.72. The maximum absolute atomic E-state index is 13.0. The molecule has 1 aromatic carbocycles. The second kappa shape index (κ2) is 11.5. The van der Waals surface area contributed by atoms with E-state index in [1.807, 2.05) is 22.8 Å². The molecule has 8 nitrogen and oxygen atoms in total. The highest BCUT2D eigenvalue weighted by atomic mass is 35.5. The van der Waals surface area contributed by atoms with E-state index in [1.54, 1.807) is 33.9 Å². The molecule has 0 aliphatic heterocycles. The van der Waals surface area contributed by atoms with E-state index in [2.05, 4.69) is 15.2 Å². The van der Waals surface area contributed by atoms with E-state index < -0.39 is 5.97 Å². The Morgan fingerprint density at radius 2 is 1.97 bits per heavy atom. The number of hydrogen-bond acceptors (Lipinski definition) is 7. The zero-order valence-corrected chi connectivity index (χ0v) is 20.7. The number of aromatic amines is 1. The SMILES string of the molecule is CCOC(=O)c1c(C)[nH]c(C(=O)CSc2nnc(-c3ccccc3Cl)n2CCCOC)c1C. The van der Waals surface area contributed by atoms with Crippen LogP contribution in [0.3, 0.4) is 0 Å². The number of thioether (sulfide) groups is 1. The third-order valence-corrected chi connectivity index (χ3v) is 6.39. The highest BCUT2D eigenvalue weighted by Crippen LogP contribution is 2.30. The summed E-state index contributed by atoms with van der Waals surface area (Å²) < 4.78 is 12.2. The first-order valence-electron chi connectivity index (χ1n) is 10.6. The molecule has 0 fully saturated rings. The number of rotatable bonds is 11. The Bertz CT molecular complexity index is 1140. The smallest absolute Gasteiger partial charge is 0.340 e. The number of halogens is 1. The molecular formula is C23H27ClN4O4S. The lowest BCUT2D eigenvalue weighted by molar-refractivity contribution is 0.0525. The first kappa shape index (κ1) is 25.0. The number of nitrogens with one attached hydrogen (secondary N) is 1. The Balaban J connectivity index is 1.82. The van der Waals surface area contributed by atoms with Crippen LogP contribution < -0.4 is 0 Å². The van der Waals surface area contributed by atoms with Crippen molar-refractivity contribution in [3.05, 3.63) is 51.8 Å². The number of carbonyl (C=O) groups excluding carboxylic acids is 2. The van der Waals surface area contributed by atoms with Crippen LogP contribution in [0.5, 0.6) is 0 Å². The third-order valence-electron chi connectivity index (χ3n) is 5.09. The molecule has 33 heavy (non-hydrogen) atoms. The first-order valence-corrected chi connectivity index (χ1v) is 11.9. The maximum atomic E-state index is 13.0. The molecular weight excluding hydrogens is 464 g/mol. The van der Waals surface area contributed by atoms with E-state index in [4.69, 9.17) is 21.1 Å². The molecule has 2 aromatic heterocycles. The summed E-state index contributed by atoms with van der Waals surface area (Å²) >= 11 is 7.67. The Morgan fingerprint density at radius 3 is 2.67 bits per heavy atom. The van der Waals surface area contributed by atoms with Crippen molar-refractivity contribution in [2.45, 2.75) is 38.9 Å². The molecule has 0 unspecified atom stereocenters. The number of benzene rings is 1. The van der Waals surface area contributed by atoms with Crippen molar-refractivity contribution < 1.29 is 19.1 Å². The van der Waals surface area contributed by atoms with E-state index in [0.29, 0.717) is 51.7 Å². The number of hydrogen-bond donors (Lipinski definition) is 1. The molecule has 0 spiro atoms. The number of aryl methyl sites for hydroxylation is 1. The van der Waals surface area contributed by atoms with Crippen molar-refractivity contribution in [2.75, 3.05) is 26.1 Å². The van der Waals surface area contributed by atoms with E-state index in [0.717, 1.165) is 12.0 Å². The van der Waals surface area contributed by atoms with Crippen LogP contribution in [-0.2, 0) is 16.0 Å². The second-order valence-electron chi connectivity index (χ2n) is 7.34. The number of aromatic nitrogens is 4. The molecule has 0 saturated heterocycles. The number of ketones is 1. The number of esters is 1. The average molecular weight is 491 g/mol. The summed E-state index contributed by atoms with van der Waals surface area (Å²) in [6.07, 6.45) is 0.755. The number of carbonyl (C=O) groups is 2. The predicted octanol–water partition coefficient (Wildman–Crippen LogP) is 4.73. The minimum absolute atomic E-state index is 0.133. The van der Waals surface area contributed by atoms with Crippen LogP contribution in [0.15, 0.2) is 29.4 Å². The van der Waals surface area contributed by atoms with Crippen molar-refractivity contribution in [1.29, 1.82) is 0 Å². The van der Waals surface area contributed by atoms with Gasteiger partial charge in [-0.25, -0.2) is 4.79 Å². The van der Waals surface area contributed by atoms with Gasteiger partial charge < -0.3 is 19.0 Å². The minimum atomic E-state index is -0.433. The van der Waals surface area contributed by atoms with Crippen molar-refractivity contribution in [3.63, 3.8) is 0 Å². The molecule has 0 saturated carbocycles. The summed E-state index contributed by atoms with van der Waals surface area (Å²) in [5, 5.41) is 9.85. The first-order chi connectivity index (χ1) is 15.9. The van der Waals surface area contributed by atoms with Gasteiger partial charge in [0, 0.05) is 31.5 Å². The van der Waals surface area contributed by atoms with Gasteiger partial charge in [-0.15, -0.1) is 10.2 Å².